The number of rotatable bonds is 8. The van der Waals surface area contributed by atoms with Crippen molar-refractivity contribution in [3.05, 3.63) is 83.7 Å². The van der Waals surface area contributed by atoms with E-state index in [1.165, 1.54) is 0 Å². The van der Waals surface area contributed by atoms with Gasteiger partial charge in [-0.05, 0) is 43.4 Å². The lowest BCUT2D eigenvalue weighted by Gasteiger charge is -2.39. The summed E-state index contributed by atoms with van der Waals surface area (Å²) in [5.74, 6) is -1.52. The molecule has 0 bridgehead atoms. The first-order valence-electron chi connectivity index (χ1n) is 13.8. The maximum Gasteiger partial charge on any atom is 0.355 e. The summed E-state index contributed by atoms with van der Waals surface area (Å²) in [4.78, 5) is 43.3. The molecule has 2 aromatic carbocycles. The average molecular weight is 529 g/mol. The van der Waals surface area contributed by atoms with Crippen molar-refractivity contribution in [1.29, 1.82) is 0 Å². The number of hydrogen-bond acceptors (Lipinski definition) is 5. The SMILES string of the molecule is CCOC(=O)c1c(-c2ccccc2)cc2n1[C@@H](C(=O)OCC)[C@@H]1[C@@H](C2)C(=O)N(Cc2ccccc2)[C@H]1C(C)C. The van der Waals surface area contributed by atoms with Gasteiger partial charge in [-0.15, -0.1) is 0 Å². The fourth-order valence-corrected chi connectivity index (χ4v) is 6.55. The number of carbonyl (C=O) groups is 3. The summed E-state index contributed by atoms with van der Waals surface area (Å²) in [7, 11) is 0. The zero-order valence-electron chi connectivity index (χ0n) is 23.0. The van der Waals surface area contributed by atoms with E-state index >= 15 is 0 Å². The van der Waals surface area contributed by atoms with Gasteiger partial charge in [0.25, 0.3) is 0 Å². The fraction of sp³-hybridized carbons (Fsp3) is 0.406. The van der Waals surface area contributed by atoms with Crippen molar-refractivity contribution in [2.45, 2.75) is 52.7 Å². The van der Waals surface area contributed by atoms with Crippen LogP contribution in [0, 0.1) is 17.8 Å². The van der Waals surface area contributed by atoms with Crippen LogP contribution in [0.15, 0.2) is 66.7 Å². The smallest absolute Gasteiger partial charge is 0.355 e. The lowest BCUT2D eigenvalue weighted by atomic mass is 9.75. The molecule has 0 aliphatic carbocycles. The standard InChI is InChI=1S/C32H36N2O5/c1-5-38-31(36)28-24(22-15-11-8-12-16-22)17-23-18-25-26(29(34(23)28)32(37)39-6-2)27(20(3)4)33(30(25)35)19-21-13-9-7-10-14-21/h7-17,20,25-27,29H,5-6,18-19H2,1-4H3/t25-,26-,27+,29-/m1/s1. The highest BCUT2D eigenvalue weighted by atomic mass is 16.5. The molecule has 0 unspecified atom stereocenters. The van der Waals surface area contributed by atoms with Crippen molar-refractivity contribution in [3.63, 3.8) is 0 Å². The third-order valence-electron chi connectivity index (χ3n) is 7.97. The predicted molar refractivity (Wildman–Crippen MR) is 148 cm³/mol. The van der Waals surface area contributed by atoms with E-state index in [1.807, 2.05) is 76.2 Å². The number of aromatic nitrogens is 1. The van der Waals surface area contributed by atoms with Gasteiger partial charge in [0, 0.05) is 29.8 Å². The lowest BCUT2D eigenvalue weighted by molar-refractivity contribution is -0.150. The van der Waals surface area contributed by atoms with Gasteiger partial charge in [0.05, 0.1) is 19.1 Å². The van der Waals surface area contributed by atoms with Crippen LogP contribution < -0.4 is 0 Å². The number of carbonyl (C=O) groups excluding carboxylic acids is 3. The van der Waals surface area contributed by atoms with Gasteiger partial charge in [0.15, 0.2) is 0 Å². The molecular weight excluding hydrogens is 492 g/mol. The molecule has 1 fully saturated rings. The highest BCUT2D eigenvalue weighted by Crippen LogP contribution is 2.50. The molecule has 204 valence electrons. The summed E-state index contributed by atoms with van der Waals surface area (Å²) in [5.41, 5.74) is 3.71. The second-order valence-corrected chi connectivity index (χ2v) is 10.6. The Morgan fingerprint density at radius 3 is 2.21 bits per heavy atom. The Kier molecular flexibility index (Phi) is 7.60. The van der Waals surface area contributed by atoms with E-state index in [4.69, 9.17) is 9.47 Å². The third-order valence-corrected chi connectivity index (χ3v) is 7.97. The third kappa shape index (κ3) is 4.75. The minimum atomic E-state index is -0.826. The Morgan fingerprint density at radius 2 is 1.59 bits per heavy atom. The van der Waals surface area contributed by atoms with Gasteiger partial charge in [-0.3, -0.25) is 4.79 Å². The van der Waals surface area contributed by atoms with Crippen LogP contribution >= 0.6 is 0 Å². The molecule has 0 saturated carbocycles. The van der Waals surface area contributed by atoms with E-state index < -0.39 is 23.9 Å². The topological polar surface area (TPSA) is 77.8 Å². The number of esters is 2. The summed E-state index contributed by atoms with van der Waals surface area (Å²) in [6.07, 6.45) is 0.438. The van der Waals surface area contributed by atoms with Gasteiger partial charge < -0.3 is 18.9 Å². The molecule has 4 atom stereocenters. The highest BCUT2D eigenvalue weighted by Gasteiger charge is 2.58. The van der Waals surface area contributed by atoms with E-state index in [2.05, 4.69) is 13.8 Å². The maximum atomic E-state index is 14.1. The average Bonchev–Trinajstić information content (AvgIpc) is 3.44. The Hall–Kier alpha value is -3.87. The van der Waals surface area contributed by atoms with Crippen LogP contribution in [0.3, 0.4) is 0 Å². The first-order chi connectivity index (χ1) is 18.9. The number of benzene rings is 2. The van der Waals surface area contributed by atoms with Crippen LogP contribution in [0.4, 0.5) is 0 Å². The summed E-state index contributed by atoms with van der Waals surface area (Å²) in [6.45, 7) is 8.61. The van der Waals surface area contributed by atoms with Gasteiger partial charge in [-0.25, -0.2) is 9.59 Å². The highest BCUT2D eigenvalue weighted by molar-refractivity contribution is 5.98. The quantitative estimate of drug-likeness (QED) is 0.371. The molecule has 7 nitrogen and oxygen atoms in total. The first kappa shape index (κ1) is 26.7. The number of likely N-dealkylation sites (tertiary alicyclic amines) is 1. The van der Waals surface area contributed by atoms with Gasteiger partial charge in [0.2, 0.25) is 5.91 Å². The van der Waals surface area contributed by atoms with E-state index in [9.17, 15) is 14.4 Å². The molecule has 1 amide bonds. The van der Waals surface area contributed by atoms with Crippen LogP contribution in [0.1, 0.15) is 55.5 Å². The van der Waals surface area contributed by atoms with Crippen LogP contribution in [-0.2, 0) is 32.0 Å². The van der Waals surface area contributed by atoms with Crippen molar-refractivity contribution in [3.8, 4) is 11.1 Å². The van der Waals surface area contributed by atoms with Crippen molar-refractivity contribution in [2.75, 3.05) is 13.2 Å². The van der Waals surface area contributed by atoms with Crippen LogP contribution in [0.5, 0.6) is 0 Å². The van der Waals surface area contributed by atoms with Crippen molar-refractivity contribution < 1.29 is 23.9 Å². The Bertz CT molecular complexity index is 1350. The molecule has 3 heterocycles. The summed E-state index contributed by atoms with van der Waals surface area (Å²) >= 11 is 0. The van der Waals surface area contributed by atoms with Gasteiger partial charge in [-0.2, -0.15) is 0 Å². The summed E-state index contributed by atoms with van der Waals surface area (Å²) < 4.78 is 13.0. The minimum absolute atomic E-state index is 0.0447. The Morgan fingerprint density at radius 1 is 0.949 bits per heavy atom. The molecule has 39 heavy (non-hydrogen) atoms. The number of amides is 1. The van der Waals surface area contributed by atoms with E-state index in [0.717, 1.165) is 16.8 Å². The van der Waals surface area contributed by atoms with Gasteiger partial charge in [0.1, 0.15) is 11.7 Å². The minimum Gasteiger partial charge on any atom is -0.464 e. The van der Waals surface area contributed by atoms with Crippen LogP contribution in [0.25, 0.3) is 11.1 Å². The van der Waals surface area contributed by atoms with Crippen LogP contribution in [-0.4, -0.2) is 46.6 Å². The Balaban J connectivity index is 1.68. The lowest BCUT2D eigenvalue weighted by Crippen LogP contribution is -2.46. The molecule has 5 rings (SSSR count). The molecule has 0 N–H and O–H groups in total. The molecule has 3 aromatic rings. The molecule has 2 aliphatic heterocycles. The first-order valence-corrected chi connectivity index (χ1v) is 13.8. The number of hydrogen-bond donors (Lipinski definition) is 0. The second-order valence-electron chi connectivity index (χ2n) is 10.6. The summed E-state index contributed by atoms with van der Waals surface area (Å²) in [5, 5.41) is 0. The number of nitrogens with zero attached hydrogens (tertiary/aromatic N) is 2. The monoisotopic (exact) mass is 528 g/mol. The van der Waals surface area contributed by atoms with Gasteiger partial charge >= 0.3 is 11.9 Å². The van der Waals surface area contributed by atoms with E-state index in [1.54, 1.807) is 13.8 Å². The van der Waals surface area contributed by atoms with Crippen molar-refractivity contribution in [2.24, 2.45) is 17.8 Å². The molecule has 2 aliphatic rings. The number of fused-ring (bicyclic) bond motifs is 2. The molecule has 0 radical (unpaired) electrons. The molecule has 1 aromatic heterocycles. The fourth-order valence-electron chi connectivity index (χ4n) is 6.55. The molecule has 7 heteroatoms. The van der Waals surface area contributed by atoms with Crippen molar-refractivity contribution in [1.82, 2.24) is 9.47 Å². The van der Waals surface area contributed by atoms with Crippen molar-refractivity contribution >= 4 is 17.8 Å². The van der Waals surface area contributed by atoms with E-state index in [0.29, 0.717) is 24.2 Å². The summed E-state index contributed by atoms with van der Waals surface area (Å²) in [6, 6.07) is 20.5. The molecule has 1 saturated heterocycles. The zero-order chi connectivity index (χ0) is 27.7. The normalized spacial score (nSPS) is 22.0. The predicted octanol–water partition coefficient (Wildman–Crippen LogP) is 5.29. The molecule has 0 spiro atoms. The number of ether oxygens (including phenoxy) is 2. The van der Waals surface area contributed by atoms with Gasteiger partial charge in [-0.1, -0.05) is 74.5 Å². The van der Waals surface area contributed by atoms with E-state index in [-0.39, 0.29) is 37.0 Å². The molecular formula is C32H36N2O5. The second kappa shape index (κ2) is 11.1. The zero-order valence-corrected chi connectivity index (χ0v) is 23.0. The largest absolute Gasteiger partial charge is 0.464 e. The van der Waals surface area contributed by atoms with Crippen LogP contribution in [0.2, 0.25) is 0 Å². The maximum absolute atomic E-state index is 14.1. The Labute approximate surface area is 229 Å².